The van der Waals surface area contributed by atoms with Gasteiger partial charge in [0.25, 0.3) is 0 Å². The van der Waals surface area contributed by atoms with Crippen molar-refractivity contribution in [2.24, 2.45) is 0 Å². The van der Waals surface area contributed by atoms with E-state index < -0.39 is 5.97 Å². The number of aryl methyl sites for hydroxylation is 2. The molecule has 2 rings (SSSR count). The Morgan fingerprint density at radius 3 is 2.53 bits per heavy atom. The van der Waals surface area contributed by atoms with Crippen LogP contribution < -0.4 is 5.73 Å². The Morgan fingerprint density at radius 1 is 1.21 bits per heavy atom. The molecule has 0 amide bonds. The van der Waals surface area contributed by atoms with Crippen LogP contribution in [-0.4, -0.2) is 28.0 Å². The number of ether oxygens (including phenoxy) is 1. The highest BCUT2D eigenvalue weighted by atomic mass is 16.5. The fourth-order valence-corrected chi connectivity index (χ4v) is 1.73. The molecule has 6 heteroatoms. The summed E-state index contributed by atoms with van der Waals surface area (Å²) >= 11 is 0. The number of esters is 1. The second-order valence-electron chi connectivity index (χ2n) is 4.05. The SMILES string of the molecule is COC(=O)c1c(C)nc(-c2cccc(C)n2)nc1N. The van der Waals surface area contributed by atoms with Gasteiger partial charge >= 0.3 is 5.97 Å². The van der Waals surface area contributed by atoms with Crippen LogP contribution in [-0.2, 0) is 4.74 Å². The molecule has 0 unspecified atom stereocenters. The fourth-order valence-electron chi connectivity index (χ4n) is 1.73. The predicted molar refractivity (Wildman–Crippen MR) is 70.5 cm³/mol. The molecule has 6 nitrogen and oxygen atoms in total. The third-order valence-electron chi connectivity index (χ3n) is 2.62. The molecule has 0 bridgehead atoms. The molecule has 19 heavy (non-hydrogen) atoms. The van der Waals surface area contributed by atoms with Gasteiger partial charge in [0.15, 0.2) is 5.82 Å². The Bertz CT molecular complexity index is 617. The Labute approximate surface area is 110 Å². The van der Waals surface area contributed by atoms with E-state index in [0.29, 0.717) is 17.2 Å². The van der Waals surface area contributed by atoms with E-state index in [1.165, 1.54) is 7.11 Å². The summed E-state index contributed by atoms with van der Waals surface area (Å²) in [6.45, 7) is 3.56. The van der Waals surface area contributed by atoms with Gasteiger partial charge in [-0.3, -0.25) is 0 Å². The van der Waals surface area contributed by atoms with Crippen LogP contribution in [0.25, 0.3) is 11.5 Å². The molecule has 0 saturated carbocycles. The molecule has 2 aromatic rings. The Balaban J connectivity index is 2.54. The van der Waals surface area contributed by atoms with Gasteiger partial charge in [0, 0.05) is 5.69 Å². The van der Waals surface area contributed by atoms with Gasteiger partial charge in [-0.1, -0.05) is 6.07 Å². The van der Waals surface area contributed by atoms with Crippen LogP contribution in [0.2, 0.25) is 0 Å². The fraction of sp³-hybridized carbons (Fsp3) is 0.231. The van der Waals surface area contributed by atoms with Crippen LogP contribution in [0.5, 0.6) is 0 Å². The van der Waals surface area contributed by atoms with Gasteiger partial charge in [-0.2, -0.15) is 0 Å². The highest BCUT2D eigenvalue weighted by molar-refractivity contribution is 5.95. The summed E-state index contributed by atoms with van der Waals surface area (Å²) in [6.07, 6.45) is 0. The minimum Gasteiger partial charge on any atom is -0.465 e. The number of nitrogens with zero attached hydrogens (tertiary/aromatic N) is 3. The van der Waals surface area contributed by atoms with E-state index in [4.69, 9.17) is 5.73 Å². The quantitative estimate of drug-likeness (QED) is 0.821. The second kappa shape index (κ2) is 5.01. The maximum atomic E-state index is 11.6. The number of anilines is 1. The molecule has 0 aliphatic heterocycles. The average molecular weight is 258 g/mol. The van der Waals surface area contributed by atoms with Crippen LogP contribution >= 0.6 is 0 Å². The third kappa shape index (κ3) is 2.52. The van der Waals surface area contributed by atoms with E-state index in [1.54, 1.807) is 13.0 Å². The van der Waals surface area contributed by atoms with Crippen LogP contribution in [0.4, 0.5) is 5.82 Å². The summed E-state index contributed by atoms with van der Waals surface area (Å²) < 4.78 is 4.65. The van der Waals surface area contributed by atoms with Crippen molar-refractivity contribution in [3.63, 3.8) is 0 Å². The number of carbonyl (C=O) groups excluding carboxylic acids is 1. The van der Waals surface area contributed by atoms with Crippen molar-refractivity contribution in [1.29, 1.82) is 0 Å². The van der Waals surface area contributed by atoms with Gasteiger partial charge < -0.3 is 10.5 Å². The minimum absolute atomic E-state index is 0.0951. The maximum absolute atomic E-state index is 11.6. The molecule has 0 aliphatic carbocycles. The number of carbonyl (C=O) groups is 1. The summed E-state index contributed by atoms with van der Waals surface area (Å²) in [5.41, 5.74) is 7.93. The first kappa shape index (κ1) is 12.9. The summed E-state index contributed by atoms with van der Waals surface area (Å²) in [4.78, 5) is 24.3. The average Bonchev–Trinajstić information content (AvgIpc) is 2.37. The molecular formula is C13H14N4O2. The standard InChI is InChI=1S/C13H14N4O2/c1-7-5-4-6-9(15-7)12-16-8(2)10(11(14)17-12)13(18)19-3/h4-6H,1-3H3,(H2,14,16,17). The minimum atomic E-state index is -0.543. The van der Waals surface area contributed by atoms with E-state index in [-0.39, 0.29) is 11.4 Å². The Kier molecular flexibility index (Phi) is 3.41. The zero-order valence-corrected chi connectivity index (χ0v) is 11.0. The van der Waals surface area contributed by atoms with E-state index in [0.717, 1.165) is 5.69 Å². The van der Waals surface area contributed by atoms with Gasteiger partial charge in [-0.25, -0.2) is 19.7 Å². The summed E-state index contributed by atoms with van der Waals surface area (Å²) in [5, 5.41) is 0. The van der Waals surface area contributed by atoms with Gasteiger partial charge in [-0.05, 0) is 26.0 Å². The molecule has 2 N–H and O–H groups in total. The number of pyridine rings is 1. The Morgan fingerprint density at radius 2 is 1.95 bits per heavy atom. The van der Waals surface area contributed by atoms with Crippen LogP contribution in [0.3, 0.4) is 0 Å². The van der Waals surface area contributed by atoms with Gasteiger partial charge in [0.05, 0.1) is 12.8 Å². The maximum Gasteiger partial charge on any atom is 0.343 e. The van der Waals surface area contributed by atoms with Crippen molar-refractivity contribution in [3.8, 4) is 11.5 Å². The largest absolute Gasteiger partial charge is 0.465 e. The zero-order chi connectivity index (χ0) is 14.0. The predicted octanol–water partition coefficient (Wildman–Crippen LogP) is 1.52. The number of rotatable bonds is 2. The number of hydrogen-bond acceptors (Lipinski definition) is 6. The first-order valence-electron chi connectivity index (χ1n) is 5.69. The molecule has 0 radical (unpaired) electrons. The normalized spacial score (nSPS) is 10.3. The molecule has 2 aromatic heterocycles. The van der Waals surface area contributed by atoms with Gasteiger partial charge in [0.1, 0.15) is 17.1 Å². The van der Waals surface area contributed by atoms with Crippen molar-refractivity contribution in [1.82, 2.24) is 15.0 Å². The summed E-state index contributed by atoms with van der Waals surface area (Å²) in [5.74, 6) is -0.0530. The topological polar surface area (TPSA) is 91.0 Å². The molecular weight excluding hydrogens is 244 g/mol. The lowest BCUT2D eigenvalue weighted by molar-refractivity contribution is 0.0600. The number of nitrogen functional groups attached to an aromatic ring is 1. The number of nitrogens with two attached hydrogens (primary N) is 1. The van der Waals surface area contributed by atoms with Crippen molar-refractivity contribution >= 4 is 11.8 Å². The highest BCUT2D eigenvalue weighted by Gasteiger charge is 2.18. The monoisotopic (exact) mass is 258 g/mol. The molecule has 0 fully saturated rings. The molecule has 0 aliphatic rings. The molecule has 0 spiro atoms. The smallest absolute Gasteiger partial charge is 0.343 e. The third-order valence-corrected chi connectivity index (χ3v) is 2.62. The van der Waals surface area contributed by atoms with Gasteiger partial charge in [0.2, 0.25) is 0 Å². The number of aromatic nitrogens is 3. The lowest BCUT2D eigenvalue weighted by atomic mass is 10.2. The molecule has 98 valence electrons. The van der Waals surface area contributed by atoms with E-state index >= 15 is 0 Å². The van der Waals surface area contributed by atoms with Crippen molar-refractivity contribution in [3.05, 3.63) is 35.2 Å². The van der Waals surface area contributed by atoms with Crippen LogP contribution in [0, 0.1) is 13.8 Å². The number of methoxy groups -OCH3 is 1. The van der Waals surface area contributed by atoms with Crippen molar-refractivity contribution in [2.75, 3.05) is 12.8 Å². The highest BCUT2D eigenvalue weighted by Crippen LogP contribution is 2.19. The zero-order valence-electron chi connectivity index (χ0n) is 11.0. The number of hydrogen-bond donors (Lipinski definition) is 1. The lowest BCUT2D eigenvalue weighted by Crippen LogP contribution is -2.12. The summed E-state index contributed by atoms with van der Waals surface area (Å²) in [6, 6.07) is 5.53. The first-order valence-corrected chi connectivity index (χ1v) is 5.69. The van der Waals surface area contributed by atoms with Crippen LogP contribution in [0.1, 0.15) is 21.7 Å². The lowest BCUT2D eigenvalue weighted by Gasteiger charge is -2.08. The molecule has 2 heterocycles. The van der Waals surface area contributed by atoms with Crippen molar-refractivity contribution in [2.45, 2.75) is 13.8 Å². The second-order valence-corrected chi connectivity index (χ2v) is 4.05. The Hall–Kier alpha value is -2.50. The molecule has 0 atom stereocenters. The summed E-state index contributed by atoms with van der Waals surface area (Å²) in [7, 11) is 1.29. The van der Waals surface area contributed by atoms with E-state index in [1.807, 2.05) is 19.1 Å². The van der Waals surface area contributed by atoms with Crippen molar-refractivity contribution < 1.29 is 9.53 Å². The van der Waals surface area contributed by atoms with E-state index in [9.17, 15) is 4.79 Å². The van der Waals surface area contributed by atoms with Gasteiger partial charge in [-0.15, -0.1) is 0 Å². The van der Waals surface area contributed by atoms with Crippen LogP contribution in [0.15, 0.2) is 18.2 Å². The molecule has 0 saturated heterocycles. The first-order chi connectivity index (χ1) is 9.02. The van der Waals surface area contributed by atoms with E-state index in [2.05, 4.69) is 19.7 Å². The molecule has 0 aromatic carbocycles.